The van der Waals surface area contributed by atoms with Gasteiger partial charge in [-0.1, -0.05) is 18.2 Å². The highest BCUT2D eigenvalue weighted by Gasteiger charge is 2.39. The van der Waals surface area contributed by atoms with Crippen LogP contribution in [0.15, 0.2) is 54.6 Å². The Kier molecular flexibility index (Phi) is 6.31. The van der Waals surface area contributed by atoms with Gasteiger partial charge in [0.1, 0.15) is 0 Å². The number of carbonyl (C=O) groups is 3. The maximum atomic E-state index is 12.5. The van der Waals surface area contributed by atoms with Crippen molar-refractivity contribution in [2.45, 2.75) is 18.1 Å². The van der Waals surface area contributed by atoms with E-state index in [-0.39, 0.29) is 24.1 Å². The third-order valence-corrected chi connectivity index (χ3v) is 5.83. The molecule has 5 nitrogen and oxygen atoms in total. The first-order valence-electron chi connectivity index (χ1n) is 8.13. The van der Waals surface area contributed by atoms with Crippen molar-refractivity contribution in [1.29, 1.82) is 0 Å². The standard InChI is InChI=1S/C19H17IN2O3S/c20-13-6-8-14(9-7-13)21-17(23)10-11-26-16-12-18(24)22(19(16)25)15-4-2-1-3-5-15/h1-9,16H,10-12H2,(H,21,23)/t16-/m0/s1. The van der Waals surface area contributed by atoms with E-state index in [2.05, 4.69) is 27.9 Å². The fourth-order valence-electron chi connectivity index (χ4n) is 2.63. The highest BCUT2D eigenvalue weighted by molar-refractivity contribution is 14.1. The molecule has 1 fully saturated rings. The largest absolute Gasteiger partial charge is 0.326 e. The van der Waals surface area contributed by atoms with Crippen molar-refractivity contribution in [2.24, 2.45) is 0 Å². The number of thioether (sulfide) groups is 1. The second-order valence-electron chi connectivity index (χ2n) is 5.77. The first-order chi connectivity index (χ1) is 12.5. The average Bonchev–Trinajstić information content (AvgIpc) is 2.91. The summed E-state index contributed by atoms with van der Waals surface area (Å²) in [5.74, 6) is -0.00984. The summed E-state index contributed by atoms with van der Waals surface area (Å²) in [6.07, 6.45) is 0.469. The summed E-state index contributed by atoms with van der Waals surface area (Å²) in [6, 6.07) is 16.5. The molecular formula is C19H17IN2O3S. The molecule has 0 aromatic heterocycles. The topological polar surface area (TPSA) is 66.5 Å². The zero-order chi connectivity index (χ0) is 18.5. The number of carbonyl (C=O) groups excluding carboxylic acids is 3. The SMILES string of the molecule is O=C(CCS[C@H]1CC(=O)N(c2ccccc2)C1=O)Nc1ccc(I)cc1. The summed E-state index contributed by atoms with van der Waals surface area (Å²) in [7, 11) is 0. The highest BCUT2D eigenvalue weighted by Crippen LogP contribution is 2.29. The van der Waals surface area contributed by atoms with Crippen LogP contribution in [0.3, 0.4) is 0 Å². The van der Waals surface area contributed by atoms with Gasteiger partial charge in [0.05, 0.1) is 10.9 Å². The highest BCUT2D eigenvalue weighted by atomic mass is 127. The van der Waals surface area contributed by atoms with Crippen LogP contribution in [0.5, 0.6) is 0 Å². The minimum Gasteiger partial charge on any atom is -0.326 e. The van der Waals surface area contributed by atoms with E-state index in [0.717, 1.165) is 9.26 Å². The van der Waals surface area contributed by atoms with Crippen LogP contribution < -0.4 is 10.2 Å². The van der Waals surface area contributed by atoms with E-state index in [1.54, 1.807) is 24.3 Å². The zero-order valence-corrected chi connectivity index (χ0v) is 16.8. The second-order valence-corrected chi connectivity index (χ2v) is 8.33. The molecule has 3 amide bonds. The van der Waals surface area contributed by atoms with Crippen LogP contribution in [0.25, 0.3) is 0 Å². The number of halogens is 1. The smallest absolute Gasteiger partial charge is 0.247 e. The van der Waals surface area contributed by atoms with Gasteiger partial charge in [0.2, 0.25) is 17.7 Å². The lowest BCUT2D eigenvalue weighted by atomic mass is 10.3. The van der Waals surface area contributed by atoms with Gasteiger partial charge < -0.3 is 5.32 Å². The molecule has 1 aliphatic heterocycles. The van der Waals surface area contributed by atoms with Crippen LogP contribution in [-0.2, 0) is 14.4 Å². The zero-order valence-electron chi connectivity index (χ0n) is 13.9. The van der Waals surface area contributed by atoms with Crippen molar-refractivity contribution in [1.82, 2.24) is 0 Å². The van der Waals surface area contributed by atoms with E-state index in [1.165, 1.54) is 16.7 Å². The summed E-state index contributed by atoms with van der Waals surface area (Å²) >= 11 is 3.57. The summed E-state index contributed by atoms with van der Waals surface area (Å²) in [6.45, 7) is 0. The Morgan fingerprint density at radius 1 is 1.12 bits per heavy atom. The first-order valence-corrected chi connectivity index (χ1v) is 10.3. The molecule has 0 aliphatic carbocycles. The Labute approximate surface area is 169 Å². The van der Waals surface area contributed by atoms with Crippen LogP contribution in [0.2, 0.25) is 0 Å². The Hall–Kier alpha value is -1.87. The summed E-state index contributed by atoms with van der Waals surface area (Å²) < 4.78 is 1.10. The van der Waals surface area contributed by atoms with Crippen molar-refractivity contribution >= 4 is 63.4 Å². The number of hydrogen-bond donors (Lipinski definition) is 1. The number of nitrogens with one attached hydrogen (secondary N) is 1. The average molecular weight is 480 g/mol. The molecule has 0 spiro atoms. The number of nitrogens with zero attached hydrogens (tertiary/aromatic N) is 1. The number of rotatable bonds is 6. The van der Waals surface area contributed by atoms with Crippen molar-refractivity contribution in [3.8, 4) is 0 Å². The molecule has 1 atom stereocenters. The van der Waals surface area contributed by atoms with Gasteiger partial charge in [-0.3, -0.25) is 14.4 Å². The van der Waals surface area contributed by atoms with Crippen molar-refractivity contribution in [3.63, 3.8) is 0 Å². The van der Waals surface area contributed by atoms with E-state index in [9.17, 15) is 14.4 Å². The molecule has 2 aromatic carbocycles. The molecule has 134 valence electrons. The molecule has 0 saturated carbocycles. The van der Waals surface area contributed by atoms with Crippen LogP contribution in [-0.4, -0.2) is 28.7 Å². The van der Waals surface area contributed by atoms with E-state index in [4.69, 9.17) is 0 Å². The minimum absolute atomic E-state index is 0.101. The first kappa shape index (κ1) is 18.9. The van der Waals surface area contributed by atoms with Crippen molar-refractivity contribution in [3.05, 3.63) is 58.2 Å². The number of anilines is 2. The monoisotopic (exact) mass is 480 g/mol. The van der Waals surface area contributed by atoms with Crippen LogP contribution >= 0.6 is 34.4 Å². The van der Waals surface area contributed by atoms with Gasteiger partial charge in [0, 0.05) is 27.9 Å². The second kappa shape index (κ2) is 8.68. The van der Waals surface area contributed by atoms with E-state index in [1.807, 2.05) is 30.3 Å². The fraction of sp³-hybridized carbons (Fsp3) is 0.211. The Morgan fingerprint density at radius 3 is 2.50 bits per heavy atom. The fourth-order valence-corrected chi connectivity index (χ4v) is 4.09. The quantitative estimate of drug-likeness (QED) is 0.506. The molecule has 26 heavy (non-hydrogen) atoms. The van der Waals surface area contributed by atoms with E-state index < -0.39 is 5.25 Å². The molecule has 1 saturated heterocycles. The Bertz CT molecular complexity index is 811. The lowest BCUT2D eigenvalue weighted by molar-refractivity contribution is -0.121. The van der Waals surface area contributed by atoms with E-state index >= 15 is 0 Å². The minimum atomic E-state index is -0.422. The Balaban J connectivity index is 1.49. The molecule has 0 bridgehead atoms. The molecule has 0 radical (unpaired) electrons. The number of para-hydroxylation sites is 1. The normalized spacial score (nSPS) is 16.8. The maximum Gasteiger partial charge on any atom is 0.247 e. The number of amides is 3. The van der Waals surface area contributed by atoms with Gasteiger partial charge in [-0.2, -0.15) is 0 Å². The number of hydrogen-bond acceptors (Lipinski definition) is 4. The van der Waals surface area contributed by atoms with Gasteiger partial charge in [0.15, 0.2) is 0 Å². The molecule has 1 heterocycles. The van der Waals surface area contributed by atoms with Gasteiger partial charge in [0.25, 0.3) is 0 Å². The lowest BCUT2D eigenvalue weighted by Crippen LogP contribution is -2.31. The third kappa shape index (κ3) is 4.64. The molecule has 3 rings (SSSR count). The third-order valence-electron chi connectivity index (χ3n) is 3.90. The summed E-state index contributed by atoms with van der Waals surface area (Å²) in [5.41, 5.74) is 1.35. The van der Waals surface area contributed by atoms with Gasteiger partial charge in [-0.15, -0.1) is 11.8 Å². The maximum absolute atomic E-state index is 12.5. The van der Waals surface area contributed by atoms with Gasteiger partial charge in [-0.25, -0.2) is 4.90 Å². The van der Waals surface area contributed by atoms with Crippen LogP contribution in [0.4, 0.5) is 11.4 Å². The van der Waals surface area contributed by atoms with Gasteiger partial charge >= 0.3 is 0 Å². The number of imide groups is 1. The van der Waals surface area contributed by atoms with E-state index in [0.29, 0.717) is 17.9 Å². The molecule has 7 heteroatoms. The molecule has 1 aliphatic rings. The van der Waals surface area contributed by atoms with Crippen molar-refractivity contribution < 1.29 is 14.4 Å². The lowest BCUT2D eigenvalue weighted by Gasteiger charge is -2.14. The molecular weight excluding hydrogens is 463 g/mol. The van der Waals surface area contributed by atoms with Crippen LogP contribution in [0, 0.1) is 3.57 Å². The summed E-state index contributed by atoms with van der Waals surface area (Å²) in [5, 5.41) is 2.41. The predicted molar refractivity (Wildman–Crippen MR) is 112 cm³/mol. The molecule has 0 unspecified atom stereocenters. The number of benzene rings is 2. The Morgan fingerprint density at radius 2 is 1.81 bits per heavy atom. The predicted octanol–water partition coefficient (Wildman–Crippen LogP) is 3.69. The van der Waals surface area contributed by atoms with Gasteiger partial charge in [-0.05, 0) is 59.0 Å². The van der Waals surface area contributed by atoms with Crippen LogP contribution in [0.1, 0.15) is 12.8 Å². The van der Waals surface area contributed by atoms with Crippen molar-refractivity contribution in [2.75, 3.05) is 16.0 Å². The summed E-state index contributed by atoms with van der Waals surface area (Å²) in [4.78, 5) is 37.9. The molecule has 2 aromatic rings. The molecule has 1 N–H and O–H groups in total.